The fraction of sp³-hybridized carbons (Fsp3) is 0.412. The monoisotopic (exact) mass is 287 g/mol. The van der Waals surface area contributed by atoms with Gasteiger partial charge < -0.3 is 10.5 Å². The fourth-order valence-corrected chi connectivity index (χ4v) is 4.22. The molecule has 1 atom stereocenters. The van der Waals surface area contributed by atoms with Gasteiger partial charge >= 0.3 is 0 Å². The summed E-state index contributed by atoms with van der Waals surface area (Å²) < 4.78 is 5.26. The van der Waals surface area contributed by atoms with Gasteiger partial charge in [0, 0.05) is 9.75 Å². The highest BCUT2D eigenvalue weighted by molar-refractivity contribution is 7.12. The van der Waals surface area contributed by atoms with Gasteiger partial charge in [-0.25, -0.2) is 0 Å². The van der Waals surface area contributed by atoms with Crippen LogP contribution >= 0.6 is 11.3 Å². The Morgan fingerprint density at radius 1 is 1.20 bits per heavy atom. The number of aryl methyl sites for hydroxylation is 3. The van der Waals surface area contributed by atoms with Crippen molar-refractivity contribution in [3.63, 3.8) is 0 Å². The average molecular weight is 287 g/mol. The van der Waals surface area contributed by atoms with Crippen LogP contribution in [0, 0.1) is 6.92 Å². The Morgan fingerprint density at radius 3 is 2.70 bits per heavy atom. The fourth-order valence-electron chi connectivity index (χ4n) is 2.94. The summed E-state index contributed by atoms with van der Waals surface area (Å²) in [6, 6.07) is 8.46. The van der Waals surface area contributed by atoms with Crippen LogP contribution in [-0.2, 0) is 12.8 Å². The molecule has 0 saturated heterocycles. The second kappa shape index (κ2) is 5.58. The highest BCUT2D eigenvalue weighted by Gasteiger charge is 2.19. The highest BCUT2D eigenvalue weighted by Crippen LogP contribution is 2.35. The molecule has 0 radical (unpaired) electrons. The van der Waals surface area contributed by atoms with Gasteiger partial charge in [-0.05, 0) is 67.5 Å². The first kappa shape index (κ1) is 13.7. The van der Waals surface area contributed by atoms with Crippen molar-refractivity contribution < 1.29 is 4.74 Å². The third-order valence-electron chi connectivity index (χ3n) is 4.13. The predicted molar refractivity (Wildman–Crippen MR) is 84.7 cm³/mol. The van der Waals surface area contributed by atoms with Crippen LogP contribution in [0.1, 0.15) is 45.3 Å². The molecule has 20 heavy (non-hydrogen) atoms. The van der Waals surface area contributed by atoms with Gasteiger partial charge in [-0.1, -0.05) is 6.07 Å². The van der Waals surface area contributed by atoms with Crippen LogP contribution in [0.25, 0.3) is 0 Å². The number of rotatable bonds is 3. The third-order valence-corrected chi connectivity index (χ3v) is 5.45. The lowest BCUT2D eigenvalue weighted by atomic mass is 9.96. The van der Waals surface area contributed by atoms with Crippen molar-refractivity contribution in [1.29, 1.82) is 0 Å². The van der Waals surface area contributed by atoms with E-state index in [4.69, 9.17) is 10.5 Å². The summed E-state index contributed by atoms with van der Waals surface area (Å²) in [5.74, 6) is 0.893. The Kier molecular flexibility index (Phi) is 3.81. The van der Waals surface area contributed by atoms with E-state index in [2.05, 4.69) is 25.1 Å². The summed E-state index contributed by atoms with van der Waals surface area (Å²) in [6.07, 6.45) is 5.10. The molecule has 2 aromatic rings. The number of thiophene rings is 1. The van der Waals surface area contributed by atoms with Gasteiger partial charge in [-0.3, -0.25) is 0 Å². The van der Waals surface area contributed by atoms with Crippen molar-refractivity contribution in [3.8, 4) is 5.75 Å². The minimum absolute atomic E-state index is 0.0171. The molecule has 1 heterocycles. The van der Waals surface area contributed by atoms with Crippen LogP contribution in [0.3, 0.4) is 0 Å². The number of ether oxygens (including phenoxy) is 1. The van der Waals surface area contributed by atoms with E-state index in [-0.39, 0.29) is 6.04 Å². The van der Waals surface area contributed by atoms with Gasteiger partial charge in [-0.15, -0.1) is 11.3 Å². The van der Waals surface area contributed by atoms with E-state index in [9.17, 15) is 0 Å². The lowest BCUT2D eigenvalue weighted by Crippen LogP contribution is -2.11. The number of hydrogen-bond acceptors (Lipinski definition) is 3. The maximum Gasteiger partial charge on any atom is 0.119 e. The molecule has 0 spiro atoms. The largest absolute Gasteiger partial charge is 0.497 e. The Balaban J connectivity index is 1.92. The molecule has 1 aromatic carbocycles. The molecule has 2 nitrogen and oxygen atoms in total. The van der Waals surface area contributed by atoms with Crippen LogP contribution in [0.4, 0.5) is 0 Å². The van der Waals surface area contributed by atoms with Gasteiger partial charge in [0.25, 0.3) is 0 Å². The maximum absolute atomic E-state index is 6.49. The van der Waals surface area contributed by atoms with Crippen LogP contribution in [0.5, 0.6) is 5.75 Å². The van der Waals surface area contributed by atoms with Gasteiger partial charge in [0.05, 0.1) is 13.2 Å². The summed E-state index contributed by atoms with van der Waals surface area (Å²) >= 11 is 1.90. The third kappa shape index (κ3) is 2.48. The first-order valence-electron chi connectivity index (χ1n) is 7.20. The molecule has 0 bridgehead atoms. The van der Waals surface area contributed by atoms with Crippen LogP contribution in [-0.4, -0.2) is 7.11 Å². The lowest BCUT2D eigenvalue weighted by molar-refractivity contribution is 0.414. The summed E-state index contributed by atoms with van der Waals surface area (Å²) in [7, 11) is 1.70. The Labute approximate surface area is 124 Å². The van der Waals surface area contributed by atoms with Crippen LogP contribution in [0.15, 0.2) is 24.3 Å². The first-order chi connectivity index (χ1) is 9.69. The summed E-state index contributed by atoms with van der Waals surface area (Å²) in [5, 5.41) is 0. The minimum Gasteiger partial charge on any atom is -0.497 e. The summed E-state index contributed by atoms with van der Waals surface area (Å²) in [5.41, 5.74) is 10.4. The molecule has 106 valence electrons. The molecule has 0 saturated carbocycles. The van der Waals surface area contributed by atoms with E-state index < -0.39 is 0 Å². The standard InChI is InChI=1S/C17H21NOS/c1-11-9-13(19-2)7-8-14(11)17(18)16-10-12-5-3-4-6-15(12)20-16/h7-10,17H,3-6,18H2,1-2H3. The predicted octanol–water partition coefficient (Wildman–Crippen LogP) is 3.99. The quantitative estimate of drug-likeness (QED) is 0.926. The Hall–Kier alpha value is -1.32. The molecule has 0 amide bonds. The number of nitrogens with two attached hydrogens (primary N) is 1. The highest BCUT2D eigenvalue weighted by atomic mass is 32.1. The molecular weight excluding hydrogens is 266 g/mol. The molecule has 1 aromatic heterocycles. The zero-order chi connectivity index (χ0) is 14.1. The van der Waals surface area contributed by atoms with Crippen molar-refractivity contribution in [1.82, 2.24) is 0 Å². The van der Waals surface area contributed by atoms with Crippen molar-refractivity contribution in [3.05, 3.63) is 50.7 Å². The molecule has 3 heteroatoms. The first-order valence-corrected chi connectivity index (χ1v) is 8.02. The van der Waals surface area contributed by atoms with E-state index >= 15 is 0 Å². The van der Waals surface area contributed by atoms with Gasteiger partial charge in [0.2, 0.25) is 0 Å². The molecule has 1 unspecified atom stereocenters. The Bertz CT molecular complexity index is 594. The second-order valence-corrected chi connectivity index (χ2v) is 6.67. The lowest BCUT2D eigenvalue weighted by Gasteiger charge is -2.14. The zero-order valence-corrected chi connectivity index (χ0v) is 12.9. The van der Waals surface area contributed by atoms with Gasteiger partial charge in [-0.2, -0.15) is 0 Å². The number of hydrogen-bond donors (Lipinski definition) is 1. The van der Waals surface area contributed by atoms with Crippen molar-refractivity contribution in [2.45, 2.75) is 38.6 Å². The normalized spacial score (nSPS) is 15.8. The average Bonchev–Trinajstić information content (AvgIpc) is 2.90. The number of fused-ring (bicyclic) bond motifs is 1. The summed E-state index contributed by atoms with van der Waals surface area (Å²) in [4.78, 5) is 2.85. The molecule has 2 N–H and O–H groups in total. The molecule has 1 aliphatic carbocycles. The molecule has 1 aliphatic rings. The molecule has 3 rings (SSSR count). The van der Waals surface area contributed by atoms with Crippen LogP contribution < -0.4 is 10.5 Å². The van der Waals surface area contributed by atoms with Crippen LogP contribution in [0.2, 0.25) is 0 Å². The Morgan fingerprint density at radius 2 is 2.00 bits per heavy atom. The van der Waals surface area contributed by atoms with Gasteiger partial charge in [0.1, 0.15) is 5.75 Å². The molecular formula is C17H21NOS. The summed E-state index contributed by atoms with van der Waals surface area (Å²) in [6.45, 7) is 2.10. The second-order valence-electron chi connectivity index (χ2n) is 5.50. The topological polar surface area (TPSA) is 35.2 Å². The molecule has 0 fully saturated rings. The molecule has 0 aliphatic heterocycles. The number of methoxy groups -OCH3 is 1. The smallest absolute Gasteiger partial charge is 0.119 e. The van der Waals surface area contributed by atoms with E-state index in [0.29, 0.717) is 0 Å². The van der Waals surface area contributed by atoms with Gasteiger partial charge in [0.15, 0.2) is 0 Å². The van der Waals surface area contributed by atoms with E-state index in [1.807, 2.05) is 17.4 Å². The SMILES string of the molecule is COc1ccc(C(N)c2cc3c(s2)CCCC3)c(C)c1. The van der Waals surface area contributed by atoms with Crippen molar-refractivity contribution in [2.75, 3.05) is 7.11 Å². The van der Waals surface area contributed by atoms with E-state index in [0.717, 1.165) is 5.75 Å². The maximum atomic E-state index is 6.49. The van der Waals surface area contributed by atoms with Crippen molar-refractivity contribution >= 4 is 11.3 Å². The van der Waals surface area contributed by atoms with E-state index in [1.165, 1.54) is 47.3 Å². The zero-order valence-electron chi connectivity index (χ0n) is 12.1. The van der Waals surface area contributed by atoms with E-state index in [1.54, 1.807) is 12.0 Å². The number of benzene rings is 1. The minimum atomic E-state index is -0.0171. The van der Waals surface area contributed by atoms with Crippen molar-refractivity contribution in [2.24, 2.45) is 5.73 Å².